The van der Waals surface area contributed by atoms with Gasteiger partial charge in [0.05, 0.1) is 11.0 Å². The minimum atomic E-state index is -0.239. The molecule has 3 rings (SSSR count). The maximum atomic E-state index is 12.3. The van der Waals surface area contributed by atoms with Crippen LogP contribution in [0.5, 0.6) is 0 Å². The summed E-state index contributed by atoms with van der Waals surface area (Å²) in [7, 11) is 0. The average Bonchev–Trinajstić information content (AvgIpc) is 2.82. The summed E-state index contributed by atoms with van der Waals surface area (Å²) in [5.74, 6) is 0.100. The Morgan fingerprint density at radius 1 is 1.28 bits per heavy atom. The first-order chi connectivity index (χ1) is 8.74. The largest absolute Gasteiger partial charge is 0.393 e. The molecule has 0 atom stereocenters. The lowest BCUT2D eigenvalue weighted by atomic mass is 10.1. The zero-order chi connectivity index (χ0) is 12.5. The molecule has 0 bridgehead atoms. The summed E-state index contributed by atoms with van der Waals surface area (Å²) >= 11 is 1.55. The van der Waals surface area contributed by atoms with E-state index in [1.165, 1.54) is 0 Å². The molecule has 94 valence electrons. The second kappa shape index (κ2) is 4.71. The number of nitrogens with zero attached hydrogens (tertiary/aromatic N) is 1. The summed E-state index contributed by atoms with van der Waals surface area (Å²) in [5, 5.41) is 10.6. The molecule has 0 spiro atoms. The second-order valence-electron chi connectivity index (χ2n) is 4.67. The van der Waals surface area contributed by atoms with Gasteiger partial charge in [-0.3, -0.25) is 4.79 Å². The molecule has 1 aliphatic heterocycles. The van der Waals surface area contributed by atoms with E-state index in [4.69, 9.17) is 0 Å². The lowest BCUT2D eigenvalue weighted by Gasteiger charge is -2.29. The van der Waals surface area contributed by atoms with Crippen LogP contribution in [0.3, 0.4) is 0 Å². The molecule has 2 aromatic rings. The first kappa shape index (κ1) is 11.7. The molecule has 2 heterocycles. The van der Waals surface area contributed by atoms with Crippen LogP contribution in [0.15, 0.2) is 30.3 Å². The Hall–Kier alpha value is -1.39. The van der Waals surface area contributed by atoms with Crippen molar-refractivity contribution in [2.75, 3.05) is 13.1 Å². The van der Waals surface area contributed by atoms with Gasteiger partial charge in [-0.15, -0.1) is 11.3 Å². The molecule has 18 heavy (non-hydrogen) atoms. The van der Waals surface area contributed by atoms with Crippen molar-refractivity contribution in [3.63, 3.8) is 0 Å². The smallest absolute Gasteiger partial charge is 0.263 e. The highest BCUT2D eigenvalue weighted by molar-refractivity contribution is 7.20. The number of aliphatic hydroxyl groups excluding tert-OH is 1. The molecule has 1 fully saturated rings. The van der Waals surface area contributed by atoms with Crippen molar-refractivity contribution in [1.29, 1.82) is 0 Å². The summed E-state index contributed by atoms with van der Waals surface area (Å²) in [4.78, 5) is 15.0. The number of hydrogen-bond donors (Lipinski definition) is 1. The first-order valence-electron chi connectivity index (χ1n) is 6.20. The van der Waals surface area contributed by atoms with Crippen molar-refractivity contribution in [2.24, 2.45) is 0 Å². The molecule has 0 unspecified atom stereocenters. The minimum absolute atomic E-state index is 0.100. The van der Waals surface area contributed by atoms with E-state index < -0.39 is 0 Å². The Labute approximate surface area is 110 Å². The van der Waals surface area contributed by atoms with Crippen molar-refractivity contribution in [2.45, 2.75) is 18.9 Å². The number of carbonyl (C=O) groups excluding carboxylic acids is 1. The normalized spacial score (nSPS) is 17.3. The topological polar surface area (TPSA) is 40.5 Å². The molecule has 0 aliphatic carbocycles. The highest BCUT2D eigenvalue weighted by Gasteiger charge is 2.23. The molecule has 1 aromatic carbocycles. The standard InChI is InChI=1S/C14H15NO2S/c16-11-5-7-15(8-6-11)14(17)13-9-10-3-1-2-4-12(10)18-13/h1-4,9,11,16H,5-8H2. The fraction of sp³-hybridized carbons (Fsp3) is 0.357. The Balaban J connectivity index is 1.83. The number of carbonyl (C=O) groups is 1. The summed E-state index contributed by atoms with van der Waals surface area (Å²) in [5.41, 5.74) is 0. The van der Waals surface area contributed by atoms with Gasteiger partial charge in [-0.05, 0) is 30.4 Å². The van der Waals surface area contributed by atoms with Gasteiger partial charge in [0.15, 0.2) is 0 Å². The van der Waals surface area contributed by atoms with Gasteiger partial charge in [0, 0.05) is 17.8 Å². The minimum Gasteiger partial charge on any atom is -0.393 e. The fourth-order valence-electron chi connectivity index (χ4n) is 2.31. The van der Waals surface area contributed by atoms with Crippen LogP contribution >= 0.6 is 11.3 Å². The van der Waals surface area contributed by atoms with Crippen LogP contribution in [-0.4, -0.2) is 35.1 Å². The highest BCUT2D eigenvalue weighted by atomic mass is 32.1. The van der Waals surface area contributed by atoms with Gasteiger partial charge in [0.25, 0.3) is 5.91 Å². The first-order valence-corrected chi connectivity index (χ1v) is 7.01. The molecule has 3 nitrogen and oxygen atoms in total. The summed E-state index contributed by atoms with van der Waals surface area (Å²) in [6.45, 7) is 1.32. The van der Waals surface area contributed by atoms with E-state index in [0.29, 0.717) is 25.9 Å². The third kappa shape index (κ3) is 2.13. The maximum absolute atomic E-state index is 12.3. The monoisotopic (exact) mass is 261 g/mol. The molecule has 1 saturated heterocycles. The molecule has 1 aliphatic rings. The van der Waals surface area contributed by atoms with E-state index >= 15 is 0 Å². The number of benzene rings is 1. The zero-order valence-electron chi connectivity index (χ0n) is 10.0. The zero-order valence-corrected chi connectivity index (χ0v) is 10.8. The van der Waals surface area contributed by atoms with E-state index in [2.05, 4.69) is 0 Å². The number of aliphatic hydroxyl groups is 1. The van der Waals surface area contributed by atoms with Gasteiger partial charge in [-0.1, -0.05) is 18.2 Å². The van der Waals surface area contributed by atoms with Crippen molar-refractivity contribution >= 4 is 27.3 Å². The molecule has 4 heteroatoms. The van der Waals surface area contributed by atoms with Crippen LogP contribution in [0.1, 0.15) is 22.5 Å². The van der Waals surface area contributed by atoms with Gasteiger partial charge < -0.3 is 10.0 Å². The van der Waals surface area contributed by atoms with Crippen molar-refractivity contribution in [3.05, 3.63) is 35.2 Å². The average molecular weight is 261 g/mol. The number of likely N-dealkylation sites (tertiary alicyclic amines) is 1. The van der Waals surface area contributed by atoms with Crippen LogP contribution in [0, 0.1) is 0 Å². The third-order valence-corrected chi connectivity index (χ3v) is 4.49. The summed E-state index contributed by atoms with van der Waals surface area (Å²) in [6.07, 6.45) is 1.14. The lowest BCUT2D eigenvalue weighted by molar-refractivity contribution is 0.0551. The molecule has 0 saturated carbocycles. The van der Waals surface area contributed by atoms with Gasteiger partial charge in [-0.25, -0.2) is 0 Å². The van der Waals surface area contributed by atoms with Crippen molar-refractivity contribution in [1.82, 2.24) is 4.90 Å². The lowest BCUT2D eigenvalue weighted by Crippen LogP contribution is -2.39. The van der Waals surface area contributed by atoms with Crippen LogP contribution in [-0.2, 0) is 0 Å². The molecular formula is C14H15NO2S. The fourth-order valence-corrected chi connectivity index (χ4v) is 3.34. The second-order valence-corrected chi connectivity index (χ2v) is 5.76. The number of hydrogen-bond acceptors (Lipinski definition) is 3. The summed E-state index contributed by atoms with van der Waals surface area (Å²) < 4.78 is 1.15. The van der Waals surface area contributed by atoms with Gasteiger partial charge in [-0.2, -0.15) is 0 Å². The quantitative estimate of drug-likeness (QED) is 0.857. The molecule has 1 N–H and O–H groups in total. The number of amides is 1. The van der Waals surface area contributed by atoms with Crippen molar-refractivity contribution < 1.29 is 9.90 Å². The Bertz CT molecular complexity index is 537. The van der Waals surface area contributed by atoms with Crippen LogP contribution in [0.25, 0.3) is 10.1 Å². The molecule has 1 aromatic heterocycles. The Kier molecular flexibility index (Phi) is 3.06. The van der Waals surface area contributed by atoms with E-state index in [0.717, 1.165) is 15.0 Å². The molecule has 1 amide bonds. The molecule has 0 radical (unpaired) electrons. The number of thiophene rings is 1. The van der Waals surface area contributed by atoms with Crippen LogP contribution < -0.4 is 0 Å². The van der Waals surface area contributed by atoms with Crippen molar-refractivity contribution in [3.8, 4) is 0 Å². The number of rotatable bonds is 1. The molecular weight excluding hydrogens is 246 g/mol. The summed E-state index contributed by atoms with van der Waals surface area (Å²) in [6, 6.07) is 10.0. The number of piperidine rings is 1. The highest BCUT2D eigenvalue weighted by Crippen LogP contribution is 2.27. The SMILES string of the molecule is O=C(c1cc2ccccc2s1)N1CCC(O)CC1. The third-order valence-electron chi connectivity index (χ3n) is 3.39. The van der Waals surface area contributed by atoms with Gasteiger partial charge in [0.1, 0.15) is 0 Å². The Morgan fingerprint density at radius 3 is 2.72 bits per heavy atom. The van der Waals surface area contributed by atoms with E-state index in [9.17, 15) is 9.90 Å². The number of fused-ring (bicyclic) bond motifs is 1. The van der Waals surface area contributed by atoms with E-state index in [-0.39, 0.29) is 12.0 Å². The predicted molar refractivity (Wildman–Crippen MR) is 73.0 cm³/mol. The van der Waals surface area contributed by atoms with Gasteiger partial charge in [0.2, 0.25) is 0 Å². The Morgan fingerprint density at radius 2 is 2.00 bits per heavy atom. The maximum Gasteiger partial charge on any atom is 0.263 e. The van der Waals surface area contributed by atoms with Crippen LogP contribution in [0.2, 0.25) is 0 Å². The van der Waals surface area contributed by atoms with E-state index in [1.807, 2.05) is 35.2 Å². The predicted octanol–water partition coefficient (Wildman–Crippen LogP) is 2.50. The van der Waals surface area contributed by atoms with Gasteiger partial charge >= 0.3 is 0 Å². The van der Waals surface area contributed by atoms with E-state index in [1.54, 1.807) is 11.3 Å². The van der Waals surface area contributed by atoms with Crippen LogP contribution in [0.4, 0.5) is 0 Å².